The van der Waals surface area contributed by atoms with Gasteiger partial charge in [0, 0.05) is 5.56 Å². The van der Waals surface area contributed by atoms with Gasteiger partial charge in [-0.1, -0.05) is 18.2 Å². The van der Waals surface area contributed by atoms with Crippen molar-refractivity contribution < 1.29 is 9.84 Å². The molecule has 0 atom stereocenters. The lowest BCUT2D eigenvalue weighted by molar-refractivity contribution is 0.462. The van der Waals surface area contributed by atoms with Crippen LogP contribution >= 0.6 is 0 Å². The van der Waals surface area contributed by atoms with Crippen LogP contribution in [0.25, 0.3) is 0 Å². The second-order valence-corrected chi connectivity index (χ2v) is 3.54. The molecule has 16 heavy (non-hydrogen) atoms. The van der Waals surface area contributed by atoms with E-state index in [0.29, 0.717) is 17.0 Å². The van der Waals surface area contributed by atoms with Crippen molar-refractivity contribution in [3.05, 3.63) is 48.0 Å². The molecule has 0 saturated heterocycles. The Balaban J connectivity index is 2.33. The smallest absolute Gasteiger partial charge is 0.150 e. The fourth-order valence-corrected chi connectivity index (χ4v) is 1.40. The van der Waals surface area contributed by atoms with E-state index in [1.165, 1.54) is 0 Å². The van der Waals surface area contributed by atoms with Gasteiger partial charge in [-0.15, -0.1) is 0 Å². The number of hydrogen-bond acceptors (Lipinski definition) is 3. The highest BCUT2D eigenvalue weighted by atomic mass is 16.5. The molecule has 3 nitrogen and oxygen atoms in total. The SMILES string of the molecule is Cc1c(O)ccc(Oc2ccccc2)c1N. The van der Waals surface area contributed by atoms with E-state index in [9.17, 15) is 5.11 Å². The Bertz CT molecular complexity index is 495. The lowest BCUT2D eigenvalue weighted by Gasteiger charge is -2.11. The van der Waals surface area contributed by atoms with Crippen molar-refractivity contribution in [1.29, 1.82) is 0 Å². The summed E-state index contributed by atoms with van der Waals surface area (Å²) in [5.41, 5.74) is 6.94. The maximum Gasteiger partial charge on any atom is 0.150 e. The van der Waals surface area contributed by atoms with Crippen molar-refractivity contribution in [2.24, 2.45) is 0 Å². The third-order valence-corrected chi connectivity index (χ3v) is 2.42. The zero-order valence-electron chi connectivity index (χ0n) is 8.97. The molecule has 0 spiro atoms. The number of para-hydroxylation sites is 1. The topological polar surface area (TPSA) is 55.5 Å². The third-order valence-electron chi connectivity index (χ3n) is 2.42. The number of benzene rings is 2. The Morgan fingerprint density at radius 1 is 1.06 bits per heavy atom. The average Bonchev–Trinajstić information content (AvgIpc) is 2.31. The van der Waals surface area contributed by atoms with Crippen molar-refractivity contribution in [2.45, 2.75) is 6.92 Å². The molecule has 3 heteroatoms. The van der Waals surface area contributed by atoms with Crippen molar-refractivity contribution in [3.8, 4) is 17.2 Å². The Hall–Kier alpha value is -2.16. The van der Waals surface area contributed by atoms with Gasteiger partial charge in [0.2, 0.25) is 0 Å². The zero-order chi connectivity index (χ0) is 11.5. The quantitative estimate of drug-likeness (QED) is 0.757. The number of phenolic OH excluding ortho intramolecular Hbond substituents is 1. The summed E-state index contributed by atoms with van der Waals surface area (Å²) >= 11 is 0. The molecule has 0 unspecified atom stereocenters. The Morgan fingerprint density at radius 2 is 1.75 bits per heavy atom. The number of anilines is 1. The highest BCUT2D eigenvalue weighted by Gasteiger charge is 2.07. The number of hydrogen-bond donors (Lipinski definition) is 2. The van der Waals surface area contributed by atoms with Crippen LogP contribution in [0.2, 0.25) is 0 Å². The summed E-state index contributed by atoms with van der Waals surface area (Å²) in [6.07, 6.45) is 0. The molecule has 0 radical (unpaired) electrons. The zero-order valence-corrected chi connectivity index (χ0v) is 8.97. The molecule has 2 aromatic rings. The molecule has 3 N–H and O–H groups in total. The second kappa shape index (κ2) is 4.14. The van der Waals surface area contributed by atoms with Gasteiger partial charge >= 0.3 is 0 Å². The number of nitrogens with two attached hydrogens (primary N) is 1. The van der Waals surface area contributed by atoms with Gasteiger partial charge in [-0.3, -0.25) is 0 Å². The fourth-order valence-electron chi connectivity index (χ4n) is 1.40. The monoisotopic (exact) mass is 215 g/mol. The Morgan fingerprint density at radius 3 is 2.44 bits per heavy atom. The van der Waals surface area contributed by atoms with Gasteiger partial charge in [-0.05, 0) is 31.2 Å². The first-order valence-corrected chi connectivity index (χ1v) is 4.99. The molecule has 0 aliphatic rings. The molecule has 0 saturated carbocycles. The Kier molecular flexibility index (Phi) is 2.68. The maximum absolute atomic E-state index is 9.46. The predicted molar refractivity (Wildman–Crippen MR) is 63.8 cm³/mol. The van der Waals surface area contributed by atoms with E-state index < -0.39 is 0 Å². The molecular weight excluding hydrogens is 202 g/mol. The largest absolute Gasteiger partial charge is 0.508 e. The summed E-state index contributed by atoms with van der Waals surface area (Å²) in [6, 6.07) is 12.6. The first-order chi connectivity index (χ1) is 7.68. The molecular formula is C13H13NO2. The van der Waals surface area contributed by atoms with Crippen LogP contribution < -0.4 is 10.5 Å². The minimum atomic E-state index is 0.179. The lowest BCUT2D eigenvalue weighted by atomic mass is 10.1. The molecule has 0 amide bonds. The predicted octanol–water partition coefficient (Wildman–Crippen LogP) is 3.08. The highest BCUT2D eigenvalue weighted by molar-refractivity contribution is 5.63. The number of phenols is 1. The van der Waals surface area contributed by atoms with Crippen LogP contribution in [0.15, 0.2) is 42.5 Å². The molecule has 0 bridgehead atoms. The van der Waals surface area contributed by atoms with E-state index in [1.807, 2.05) is 30.3 Å². The van der Waals surface area contributed by atoms with Crippen molar-refractivity contribution in [3.63, 3.8) is 0 Å². The standard InChI is InChI=1S/C13H13NO2/c1-9-11(15)7-8-12(13(9)14)16-10-5-3-2-4-6-10/h2-8,15H,14H2,1H3. The van der Waals surface area contributed by atoms with Gasteiger partial charge in [0.05, 0.1) is 5.69 Å². The van der Waals surface area contributed by atoms with Crippen molar-refractivity contribution in [2.75, 3.05) is 5.73 Å². The van der Waals surface area contributed by atoms with E-state index in [0.717, 1.165) is 5.75 Å². The lowest BCUT2D eigenvalue weighted by Crippen LogP contribution is -1.95. The fraction of sp³-hybridized carbons (Fsp3) is 0.0769. The summed E-state index contributed by atoms with van der Waals surface area (Å²) in [7, 11) is 0. The van der Waals surface area contributed by atoms with Crippen LogP contribution in [-0.2, 0) is 0 Å². The molecule has 0 aromatic heterocycles. The number of rotatable bonds is 2. The number of ether oxygens (including phenoxy) is 1. The van der Waals surface area contributed by atoms with Gasteiger partial charge in [0.1, 0.15) is 11.5 Å². The first-order valence-electron chi connectivity index (χ1n) is 4.99. The molecule has 0 aliphatic heterocycles. The summed E-state index contributed by atoms with van der Waals surface area (Å²) in [4.78, 5) is 0. The molecule has 0 heterocycles. The summed E-state index contributed by atoms with van der Waals surface area (Å²) < 4.78 is 5.61. The summed E-state index contributed by atoms with van der Waals surface area (Å²) in [5, 5.41) is 9.46. The maximum atomic E-state index is 9.46. The van der Waals surface area contributed by atoms with E-state index in [1.54, 1.807) is 19.1 Å². The Labute approximate surface area is 94.1 Å². The van der Waals surface area contributed by atoms with Crippen LogP contribution in [0, 0.1) is 6.92 Å². The van der Waals surface area contributed by atoms with Crippen LogP contribution in [0.3, 0.4) is 0 Å². The van der Waals surface area contributed by atoms with E-state index in [4.69, 9.17) is 10.5 Å². The van der Waals surface area contributed by atoms with E-state index >= 15 is 0 Å². The molecule has 0 aliphatic carbocycles. The molecule has 2 rings (SSSR count). The van der Waals surface area contributed by atoms with Gasteiger partial charge in [0.15, 0.2) is 5.75 Å². The summed E-state index contributed by atoms with van der Waals surface area (Å²) in [5.74, 6) is 1.46. The van der Waals surface area contributed by atoms with Gasteiger partial charge < -0.3 is 15.6 Å². The minimum Gasteiger partial charge on any atom is -0.508 e. The van der Waals surface area contributed by atoms with Crippen LogP contribution in [0.4, 0.5) is 5.69 Å². The van der Waals surface area contributed by atoms with E-state index in [-0.39, 0.29) is 5.75 Å². The van der Waals surface area contributed by atoms with Crippen LogP contribution in [0.1, 0.15) is 5.56 Å². The number of nitrogen functional groups attached to an aromatic ring is 1. The van der Waals surface area contributed by atoms with Crippen LogP contribution in [-0.4, -0.2) is 5.11 Å². The second-order valence-electron chi connectivity index (χ2n) is 3.54. The average molecular weight is 215 g/mol. The molecule has 82 valence electrons. The van der Waals surface area contributed by atoms with Crippen molar-refractivity contribution >= 4 is 5.69 Å². The minimum absolute atomic E-state index is 0.179. The first kappa shape index (κ1) is 10.4. The summed E-state index contributed by atoms with van der Waals surface area (Å²) in [6.45, 7) is 1.75. The van der Waals surface area contributed by atoms with Crippen LogP contribution in [0.5, 0.6) is 17.2 Å². The molecule has 2 aromatic carbocycles. The van der Waals surface area contributed by atoms with Gasteiger partial charge in [0.25, 0.3) is 0 Å². The van der Waals surface area contributed by atoms with Gasteiger partial charge in [-0.25, -0.2) is 0 Å². The number of aromatic hydroxyl groups is 1. The van der Waals surface area contributed by atoms with Crippen molar-refractivity contribution in [1.82, 2.24) is 0 Å². The molecule has 0 fully saturated rings. The third kappa shape index (κ3) is 1.93. The highest BCUT2D eigenvalue weighted by Crippen LogP contribution is 2.34. The van der Waals surface area contributed by atoms with E-state index in [2.05, 4.69) is 0 Å². The van der Waals surface area contributed by atoms with Gasteiger partial charge in [-0.2, -0.15) is 0 Å². The normalized spacial score (nSPS) is 10.1.